The number of hydrogen-bond acceptors (Lipinski definition) is 5. The molecule has 0 saturated carbocycles. The van der Waals surface area contributed by atoms with Gasteiger partial charge in [-0.25, -0.2) is 4.98 Å². The molecule has 0 radical (unpaired) electrons. The number of rotatable bonds is 2. The first-order valence-electron chi connectivity index (χ1n) is 8.85. The van der Waals surface area contributed by atoms with Gasteiger partial charge in [0.2, 0.25) is 0 Å². The van der Waals surface area contributed by atoms with Crippen LogP contribution < -0.4 is 5.32 Å². The Hall–Kier alpha value is -1.95. The first-order chi connectivity index (χ1) is 11.5. The monoisotopic (exact) mass is 328 g/mol. The van der Waals surface area contributed by atoms with E-state index in [9.17, 15) is 4.79 Å². The summed E-state index contributed by atoms with van der Waals surface area (Å²) in [5.41, 5.74) is 2.75. The van der Waals surface area contributed by atoms with Crippen LogP contribution in [0.15, 0.2) is 10.6 Å². The van der Waals surface area contributed by atoms with Crippen molar-refractivity contribution in [3.63, 3.8) is 0 Å². The van der Waals surface area contributed by atoms with Gasteiger partial charge in [0.15, 0.2) is 0 Å². The van der Waals surface area contributed by atoms with E-state index in [1.165, 1.54) is 6.42 Å². The summed E-state index contributed by atoms with van der Waals surface area (Å²) in [6.45, 7) is 7.58. The topological polar surface area (TPSA) is 71.3 Å². The van der Waals surface area contributed by atoms with Gasteiger partial charge >= 0.3 is 0 Å². The maximum atomic E-state index is 13.3. The molecule has 6 heteroatoms. The van der Waals surface area contributed by atoms with Gasteiger partial charge in [0.1, 0.15) is 0 Å². The SMILES string of the molecule is Cc1cc(C(=O)N2CCC3CCC(C2)N3)c2c(C(C)C)noc2n1. The summed E-state index contributed by atoms with van der Waals surface area (Å²) >= 11 is 0. The predicted octanol–water partition coefficient (Wildman–Crippen LogP) is 2.62. The Morgan fingerprint density at radius 1 is 1.33 bits per heavy atom. The highest BCUT2D eigenvalue weighted by atomic mass is 16.5. The lowest BCUT2D eigenvalue weighted by Crippen LogP contribution is -2.39. The van der Waals surface area contributed by atoms with E-state index in [2.05, 4.69) is 29.3 Å². The molecule has 0 spiro atoms. The highest BCUT2D eigenvalue weighted by Gasteiger charge is 2.33. The number of nitrogens with one attached hydrogen (secondary N) is 1. The molecule has 4 heterocycles. The number of aryl methyl sites for hydroxylation is 1. The van der Waals surface area contributed by atoms with Gasteiger partial charge < -0.3 is 14.7 Å². The fourth-order valence-electron chi connectivity index (χ4n) is 3.96. The summed E-state index contributed by atoms with van der Waals surface area (Å²) in [5.74, 6) is 0.258. The molecule has 6 nitrogen and oxygen atoms in total. The summed E-state index contributed by atoms with van der Waals surface area (Å²) in [7, 11) is 0. The largest absolute Gasteiger partial charge is 0.337 e. The van der Waals surface area contributed by atoms with Crippen LogP contribution in [0.5, 0.6) is 0 Å². The third-order valence-corrected chi connectivity index (χ3v) is 5.19. The molecule has 2 bridgehead atoms. The van der Waals surface area contributed by atoms with Crippen LogP contribution in [-0.4, -0.2) is 46.1 Å². The van der Waals surface area contributed by atoms with Crippen LogP contribution in [-0.2, 0) is 0 Å². The number of nitrogens with zero attached hydrogens (tertiary/aromatic N) is 3. The molecule has 24 heavy (non-hydrogen) atoms. The van der Waals surface area contributed by atoms with Gasteiger partial charge in [-0.2, -0.15) is 0 Å². The fraction of sp³-hybridized carbons (Fsp3) is 0.611. The van der Waals surface area contributed by atoms with Gasteiger partial charge in [-0.3, -0.25) is 4.79 Å². The Balaban J connectivity index is 1.74. The van der Waals surface area contributed by atoms with Crippen LogP contribution in [0.4, 0.5) is 0 Å². The normalized spacial score (nSPS) is 23.9. The summed E-state index contributed by atoms with van der Waals surface area (Å²) in [6.07, 6.45) is 3.41. The number of pyridine rings is 1. The number of carbonyl (C=O) groups excluding carboxylic acids is 1. The van der Waals surface area contributed by atoms with Crippen LogP contribution in [0.2, 0.25) is 0 Å². The Kier molecular flexibility index (Phi) is 3.79. The van der Waals surface area contributed by atoms with Gasteiger partial charge in [0.05, 0.1) is 16.6 Å². The van der Waals surface area contributed by atoms with Crippen molar-refractivity contribution in [2.45, 2.75) is 58.0 Å². The highest BCUT2D eigenvalue weighted by Crippen LogP contribution is 2.29. The van der Waals surface area contributed by atoms with E-state index in [0.717, 1.165) is 42.7 Å². The first kappa shape index (κ1) is 15.6. The molecule has 2 atom stereocenters. The average Bonchev–Trinajstić information content (AvgIpc) is 3.09. The van der Waals surface area contributed by atoms with Crippen LogP contribution in [0.3, 0.4) is 0 Å². The second-order valence-electron chi connectivity index (χ2n) is 7.39. The van der Waals surface area contributed by atoms with Gasteiger partial charge in [-0.05, 0) is 38.2 Å². The summed E-state index contributed by atoms with van der Waals surface area (Å²) in [6, 6.07) is 2.87. The Bertz CT molecular complexity index is 783. The molecular formula is C18H24N4O2. The highest BCUT2D eigenvalue weighted by molar-refractivity contribution is 6.06. The number of hydrogen-bond donors (Lipinski definition) is 1. The van der Waals surface area contributed by atoms with Crippen LogP contribution in [0.25, 0.3) is 11.1 Å². The molecule has 1 N–H and O–H groups in total. The molecule has 2 aromatic rings. The molecule has 2 aromatic heterocycles. The number of carbonyl (C=O) groups is 1. The minimum absolute atomic E-state index is 0.0740. The maximum absolute atomic E-state index is 13.3. The summed E-state index contributed by atoms with van der Waals surface area (Å²) in [4.78, 5) is 19.7. The van der Waals surface area contributed by atoms with Gasteiger partial charge in [-0.1, -0.05) is 19.0 Å². The first-order valence-corrected chi connectivity index (χ1v) is 8.85. The fourth-order valence-corrected chi connectivity index (χ4v) is 3.96. The smallest absolute Gasteiger partial charge is 0.259 e. The molecule has 4 rings (SSSR count). The maximum Gasteiger partial charge on any atom is 0.259 e. The molecule has 2 fully saturated rings. The number of aromatic nitrogens is 2. The molecule has 1 amide bonds. The standard InChI is InChI=1S/C18H24N4O2/c1-10(2)16-15-14(8-11(3)19-17(15)24-21-16)18(23)22-7-6-12-4-5-13(9-22)20-12/h8,10,12-13,20H,4-7,9H2,1-3H3. The number of fused-ring (bicyclic) bond motifs is 3. The molecule has 0 aliphatic carbocycles. The van der Waals surface area contributed by atoms with Crippen molar-refractivity contribution in [3.05, 3.63) is 23.0 Å². The van der Waals surface area contributed by atoms with Crippen molar-refractivity contribution in [2.24, 2.45) is 0 Å². The van der Waals surface area contributed by atoms with E-state index >= 15 is 0 Å². The average molecular weight is 328 g/mol. The zero-order chi connectivity index (χ0) is 16.8. The van der Waals surface area contributed by atoms with E-state index < -0.39 is 0 Å². The van der Waals surface area contributed by atoms with E-state index in [1.54, 1.807) is 0 Å². The molecule has 2 unspecified atom stereocenters. The minimum atomic E-state index is 0.0740. The van der Waals surface area contributed by atoms with Crippen molar-refractivity contribution in [3.8, 4) is 0 Å². The van der Waals surface area contributed by atoms with Gasteiger partial charge in [0, 0.05) is 30.9 Å². The van der Waals surface area contributed by atoms with Crippen molar-refractivity contribution < 1.29 is 9.32 Å². The van der Waals surface area contributed by atoms with Crippen LogP contribution >= 0.6 is 0 Å². The zero-order valence-corrected chi connectivity index (χ0v) is 14.5. The van der Waals surface area contributed by atoms with Crippen molar-refractivity contribution in [2.75, 3.05) is 13.1 Å². The number of amides is 1. The Morgan fingerprint density at radius 2 is 2.12 bits per heavy atom. The van der Waals surface area contributed by atoms with Crippen LogP contribution in [0.1, 0.15) is 60.8 Å². The molecule has 0 aromatic carbocycles. The van der Waals surface area contributed by atoms with Crippen molar-refractivity contribution in [1.29, 1.82) is 0 Å². The molecule has 2 aliphatic heterocycles. The molecule has 2 saturated heterocycles. The van der Waals surface area contributed by atoms with E-state index in [1.807, 2.05) is 17.9 Å². The van der Waals surface area contributed by atoms with E-state index in [4.69, 9.17) is 4.52 Å². The van der Waals surface area contributed by atoms with Crippen molar-refractivity contribution >= 4 is 17.0 Å². The van der Waals surface area contributed by atoms with E-state index in [0.29, 0.717) is 23.4 Å². The van der Waals surface area contributed by atoms with E-state index in [-0.39, 0.29) is 11.8 Å². The molecule has 2 aliphatic rings. The zero-order valence-electron chi connectivity index (χ0n) is 14.5. The Labute approximate surface area is 141 Å². The third-order valence-electron chi connectivity index (χ3n) is 5.19. The lowest BCUT2D eigenvalue weighted by Gasteiger charge is -2.24. The lowest BCUT2D eigenvalue weighted by atomic mass is 10.0. The molecular weight excluding hydrogens is 304 g/mol. The van der Waals surface area contributed by atoms with Crippen LogP contribution in [0, 0.1) is 6.92 Å². The van der Waals surface area contributed by atoms with Crippen molar-refractivity contribution in [1.82, 2.24) is 20.4 Å². The minimum Gasteiger partial charge on any atom is -0.337 e. The van der Waals surface area contributed by atoms with Gasteiger partial charge in [0.25, 0.3) is 11.6 Å². The second kappa shape index (κ2) is 5.84. The second-order valence-corrected chi connectivity index (χ2v) is 7.39. The quantitative estimate of drug-likeness (QED) is 0.917. The number of likely N-dealkylation sites (tertiary alicyclic amines) is 1. The van der Waals surface area contributed by atoms with Gasteiger partial charge in [-0.15, -0.1) is 0 Å². The molecule has 128 valence electrons. The third kappa shape index (κ3) is 2.59. The predicted molar refractivity (Wildman–Crippen MR) is 91.1 cm³/mol. The lowest BCUT2D eigenvalue weighted by molar-refractivity contribution is 0.0750. The Morgan fingerprint density at radius 3 is 2.92 bits per heavy atom. The summed E-state index contributed by atoms with van der Waals surface area (Å²) in [5, 5.41) is 8.57. The summed E-state index contributed by atoms with van der Waals surface area (Å²) < 4.78 is 5.40.